The maximum absolute atomic E-state index is 12.9. The van der Waals surface area contributed by atoms with Gasteiger partial charge in [-0.15, -0.1) is 0 Å². The van der Waals surface area contributed by atoms with E-state index < -0.39 is 0 Å². The van der Waals surface area contributed by atoms with Crippen molar-refractivity contribution in [1.29, 1.82) is 0 Å². The lowest BCUT2D eigenvalue weighted by atomic mass is 9.91. The van der Waals surface area contributed by atoms with E-state index >= 15 is 0 Å². The van der Waals surface area contributed by atoms with E-state index in [1.807, 2.05) is 51.9 Å². The number of aromatic hydroxyl groups is 2. The highest BCUT2D eigenvalue weighted by Gasteiger charge is 2.28. The summed E-state index contributed by atoms with van der Waals surface area (Å²) in [7, 11) is 3.81. The Bertz CT molecular complexity index is 1330. The Balaban J connectivity index is 1.76. The Hall–Kier alpha value is -3.69. The van der Waals surface area contributed by atoms with Crippen molar-refractivity contribution in [2.24, 2.45) is 0 Å². The average Bonchev–Trinajstić information content (AvgIpc) is 3.31. The van der Waals surface area contributed by atoms with Crippen molar-refractivity contribution in [2.45, 2.75) is 45.7 Å². The number of phenolic OH excluding ortho intramolecular Hbond substituents is 2. The van der Waals surface area contributed by atoms with E-state index in [9.17, 15) is 19.8 Å². The maximum atomic E-state index is 12.9. The van der Waals surface area contributed by atoms with Crippen molar-refractivity contribution in [3.05, 3.63) is 52.7 Å². The van der Waals surface area contributed by atoms with Crippen LogP contribution >= 0.6 is 0 Å². The molecule has 9 nitrogen and oxygen atoms in total. The van der Waals surface area contributed by atoms with Gasteiger partial charge in [-0.3, -0.25) is 14.6 Å². The first-order valence-electron chi connectivity index (χ1n) is 12.9. The molecule has 0 bridgehead atoms. The van der Waals surface area contributed by atoms with Crippen LogP contribution in [0, 0.1) is 0 Å². The number of hydrogen-bond donors (Lipinski definition) is 3. The molecule has 1 aromatic heterocycles. The first kappa shape index (κ1) is 27.3. The molecule has 0 saturated heterocycles. The van der Waals surface area contributed by atoms with Gasteiger partial charge in [0.05, 0.1) is 17.2 Å². The molecular formula is C29H36N4O5. The number of amides is 1. The smallest absolute Gasteiger partial charge is 0.274 e. The third-order valence-electron chi connectivity index (χ3n) is 7.11. The molecule has 0 spiro atoms. The number of hydrogen-bond acceptors (Lipinski definition) is 8. The molecule has 3 aromatic rings. The summed E-state index contributed by atoms with van der Waals surface area (Å²) in [5, 5.41) is 28.0. The van der Waals surface area contributed by atoms with Crippen molar-refractivity contribution in [2.75, 3.05) is 33.7 Å². The van der Waals surface area contributed by atoms with E-state index in [0.29, 0.717) is 29.8 Å². The lowest BCUT2D eigenvalue weighted by Crippen LogP contribution is -2.43. The van der Waals surface area contributed by atoms with Crippen LogP contribution in [0.1, 0.15) is 53.9 Å². The molecule has 1 atom stereocenters. The van der Waals surface area contributed by atoms with Crippen molar-refractivity contribution in [3.63, 3.8) is 0 Å². The van der Waals surface area contributed by atoms with Crippen molar-refractivity contribution >= 4 is 12.2 Å². The quantitative estimate of drug-likeness (QED) is 0.365. The predicted octanol–water partition coefficient (Wildman–Crippen LogP) is 3.78. The van der Waals surface area contributed by atoms with Gasteiger partial charge >= 0.3 is 0 Å². The van der Waals surface area contributed by atoms with Crippen LogP contribution in [0.15, 0.2) is 34.9 Å². The Kier molecular flexibility index (Phi) is 8.18. The summed E-state index contributed by atoms with van der Waals surface area (Å²) in [6.45, 7) is 8.34. The van der Waals surface area contributed by atoms with Gasteiger partial charge in [-0.05, 0) is 61.7 Å². The number of carbonyl (C=O) groups is 2. The van der Waals surface area contributed by atoms with Crippen LogP contribution in [0.2, 0.25) is 0 Å². The molecule has 2 heterocycles. The molecular weight excluding hydrogens is 484 g/mol. The lowest BCUT2D eigenvalue weighted by molar-refractivity contribution is -0.112. The largest absolute Gasteiger partial charge is 0.508 e. The molecule has 1 unspecified atom stereocenters. The van der Waals surface area contributed by atoms with Gasteiger partial charge < -0.3 is 24.8 Å². The number of nitrogens with one attached hydrogen (secondary N) is 1. The van der Waals surface area contributed by atoms with Gasteiger partial charge in [-0.2, -0.15) is 0 Å². The molecule has 0 saturated carbocycles. The summed E-state index contributed by atoms with van der Waals surface area (Å²) in [6.07, 6.45) is 1.78. The van der Waals surface area contributed by atoms with Gasteiger partial charge in [0.1, 0.15) is 17.8 Å². The fourth-order valence-electron chi connectivity index (χ4n) is 4.89. The number of aldehydes is 1. The number of nitrogens with zero attached hydrogens (tertiary/aromatic N) is 3. The van der Waals surface area contributed by atoms with E-state index in [-0.39, 0.29) is 40.8 Å². The minimum Gasteiger partial charge on any atom is -0.508 e. The Morgan fingerprint density at radius 1 is 1.18 bits per heavy atom. The van der Waals surface area contributed by atoms with Crippen LogP contribution in [-0.4, -0.2) is 77.1 Å². The van der Waals surface area contributed by atoms with Crippen molar-refractivity contribution in [3.8, 4) is 33.9 Å². The molecule has 0 aliphatic carbocycles. The second-order valence-corrected chi connectivity index (χ2v) is 10.3. The summed E-state index contributed by atoms with van der Waals surface area (Å²) in [6, 6.07) is 8.84. The summed E-state index contributed by atoms with van der Waals surface area (Å²) in [5.74, 6) is -0.265. The van der Waals surface area contributed by atoms with E-state index in [4.69, 9.17) is 4.52 Å². The number of carbonyl (C=O) groups excluding carboxylic acids is 2. The van der Waals surface area contributed by atoms with E-state index in [1.165, 1.54) is 6.07 Å². The minimum atomic E-state index is -0.368. The fraction of sp³-hybridized carbons (Fsp3) is 0.414. The Morgan fingerprint density at radius 3 is 2.61 bits per heavy atom. The average molecular weight is 521 g/mol. The summed E-state index contributed by atoms with van der Waals surface area (Å²) >= 11 is 0. The number of phenols is 2. The van der Waals surface area contributed by atoms with Crippen molar-refractivity contribution < 1.29 is 24.3 Å². The number of aromatic nitrogens is 1. The van der Waals surface area contributed by atoms with Crippen LogP contribution < -0.4 is 5.32 Å². The van der Waals surface area contributed by atoms with Crippen LogP contribution in [0.25, 0.3) is 22.5 Å². The fourth-order valence-corrected chi connectivity index (χ4v) is 4.89. The SMILES string of the molecule is CCNC(=O)c1noc(-c2cc(C(C)C)c(O)cc2O)c1-c1ccc2c(c1)CCN(CC(C=O)N(C)C)C2. The van der Waals surface area contributed by atoms with Gasteiger partial charge in [0.25, 0.3) is 5.91 Å². The third-order valence-corrected chi connectivity index (χ3v) is 7.11. The zero-order valence-corrected chi connectivity index (χ0v) is 22.6. The van der Waals surface area contributed by atoms with E-state index in [2.05, 4.69) is 21.4 Å². The Morgan fingerprint density at radius 2 is 1.95 bits per heavy atom. The number of rotatable bonds is 9. The summed E-state index contributed by atoms with van der Waals surface area (Å²) < 4.78 is 5.70. The van der Waals surface area contributed by atoms with Crippen LogP contribution in [0.4, 0.5) is 0 Å². The molecule has 1 aliphatic rings. The van der Waals surface area contributed by atoms with Gasteiger partial charge in [-0.25, -0.2) is 0 Å². The first-order chi connectivity index (χ1) is 18.1. The highest BCUT2D eigenvalue weighted by molar-refractivity contribution is 6.02. The number of fused-ring (bicyclic) bond motifs is 1. The molecule has 3 N–H and O–H groups in total. The molecule has 4 rings (SSSR count). The first-order valence-corrected chi connectivity index (χ1v) is 12.9. The summed E-state index contributed by atoms with van der Waals surface area (Å²) in [5.41, 5.74) is 4.71. The highest BCUT2D eigenvalue weighted by Crippen LogP contribution is 2.43. The van der Waals surface area contributed by atoms with Gasteiger partial charge in [-0.1, -0.05) is 37.2 Å². The molecule has 2 aromatic carbocycles. The lowest BCUT2D eigenvalue weighted by Gasteiger charge is -2.32. The zero-order valence-electron chi connectivity index (χ0n) is 22.6. The topological polar surface area (TPSA) is 119 Å². The van der Waals surface area contributed by atoms with Crippen LogP contribution in [0.3, 0.4) is 0 Å². The van der Waals surface area contributed by atoms with Gasteiger partial charge in [0, 0.05) is 32.2 Å². The molecule has 0 radical (unpaired) electrons. The predicted molar refractivity (Wildman–Crippen MR) is 145 cm³/mol. The number of likely N-dealkylation sites (N-methyl/N-ethyl adjacent to an activating group) is 1. The monoisotopic (exact) mass is 520 g/mol. The Labute approximate surface area is 223 Å². The molecule has 1 amide bonds. The molecule has 38 heavy (non-hydrogen) atoms. The van der Waals surface area contributed by atoms with Crippen LogP contribution in [-0.2, 0) is 17.8 Å². The van der Waals surface area contributed by atoms with E-state index in [0.717, 1.165) is 42.5 Å². The highest BCUT2D eigenvalue weighted by atomic mass is 16.5. The molecule has 202 valence electrons. The standard InChI is InChI=1S/C29H36N4O5/c1-6-30-29(37)27-26(28(38-31-27)23-12-22(17(2)3)24(35)13-25(23)36)19-7-8-20-14-33(10-9-18(20)11-19)15-21(16-34)32(4)5/h7-8,11-13,16-17,21,35-36H,6,9-10,14-15H2,1-5H3,(H,30,37). The van der Waals surface area contributed by atoms with Crippen molar-refractivity contribution in [1.82, 2.24) is 20.3 Å². The minimum absolute atomic E-state index is 0.00146. The second kappa shape index (κ2) is 11.4. The van der Waals surface area contributed by atoms with Crippen LogP contribution in [0.5, 0.6) is 11.5 Å². The summed E-state index contributed by atoms with van der Waals surface area (Å²) in [4.78, 5) is 28.6. The molecule has 1 aliphatic heterocycles. The van der Waals surface area contributed by atoms with Gasteiger partial charge in [0.2, 0.25) is 0 Å². The normalized spacial score (nSPS) is 14.5. The maximum Gasteiger partial charge on any atom is 0.274 e. The second-order valence-electron chi connectivity index (χ2n) is 10.3. The van der Waals surface area contributed by atoms with Gasteiger partial charge in [0.15, 0.2) is 11.5 Å². The van der Waals surface area contributed by atoms with E-state index in [1.54, 1.807) is 6.07 Å². The zero-order chi connectivity index (χ0) is 27.6. The third kappa shape index (κ3) is 5.44. The molecule has 0 fully saturated rings. The number of benzene rings is 2. The molecule has 9 heteroatoms.